The van der Waals surface area contributed by atoms with Gasteiger partial charge in [-0.1, -0.05) is 6.92 Å². The van der Waals surface area contributed by atoms with Gasteiger partial charge in [-0.05, 0) is 20.3 Å². The number of nitrogens with two attached hydrogens (primary N) is 1. The summed E-state index contributed by atoms with van der Waals surface area (Å²) in [5.74, 6) is 0. The molecule has 1 rings (SSSR count). The van der Waals surface area contributed by atoms with Crippen LogP contribution in [0.4, 0.5) is 0 Å². The maximum absolute atomic E-state index is 6.01. The van der Waals surface area contributed by atoms with Gasteiger partial charge < -0.3 is 19.9 Å². The first-order valence-corrected chi connectivity index (χ1v) is 6.67. The molecule has 0 spiro atoms. The van der Waals surface area contributed by atoms with Crippen molar-refractivity contribution >= 4 is 0 Å². The Morgan fingerprint density at radius 2 is 2.06 bits per heavy atom. The molecule has 1 aliphatic rings. The van der Waals surface area contributed by atoms with Gasteiger partial charge in [-0.3, -0.25) is 4.90 Å². The lowest BCUT2D eigenvalue weighted by atomic mass is 9.94. The molecule has 5 nitrogen and oxygen atoms in total. The normalized spacial score (nSPS) is 29.5. The van der Waals surface area contributed by atoms with Gasteiger partial charge in [-0.25, -0.2) is 0 Å². The monoisotopic (exact) mass is 260 g/mol. The summed E-state index contributed by atoms with van der Waals surface area (Å²) in [6.07, 6.45) is 0.914. The van der Waals surface area contributed by atoms with Gasteiger partial charge in [-0.15, -0.1) is 0 Å². The summed E-state index contributed by atoms with van der Waals surface area (Å²) in [4.78, 5) is 2.39. The van der Waals surface area contributed by atoms with E-state index in [1.54, 1.807) is 14.2 Å². The molecule has 1 aliphatic heterocycles. The maximum Gasteiger partial charge on any atom is 0.176 e. The van der Waals surface area contributed by atoms with Crippen molar-refractivity contribution in [2.45, 2.75) is 51.2 Å². The first-order chi connectivity index (χ1) is 8.53. The molecular formula is C13H28N2O3. The summed E-state index contributed by atoms with van der Waals surface area (Å²) in [6, 6.07) is 0.363. The summed E-state index contributed by atoms with van der Waals surface area (Å²) in [6.45, 7) is 8.45. The fourth-order valence-electron chi connectivity index (χ4n) is 2.76. The Kier molecular flexibility index (Phi) is 6.01. The third kappa shape index (κ3) is 3.03. The number of nitrogens with zero attached hydrogens (tertiary/aromatic N) is 1. The maximum atomic E-state index is 6.01. The molecule has 0 aromatic carbocycles. The van der Waals surface area contributed by atoms with Crippen molar-refractivity contribution in [2.24, 2.45) is 5.73 Å². The lowest BCUT2D eigenvalue weighted by Crippen LogP contribution is -2.67. The lowest BCUT2D eigenvalue weighted by molar-refractivity contribution is -0.208. The molecule has 0 amide bonds. The summed E-state index contributed by atoms with van der Waals surface area (Å²) < 4.78 is 16.6. The van der Waals surface area contributed by atoms with Crippen LogP contribution in [-0.4, -0.2) is 62.8 Å². The Labute approximate surface area is 111 Å². The van der Waals surface area contributed by atoms with Gasteiger partial charge in [0.2, 0.25) is 0 Å². The molecule has 2 N–H and O–H groups in total. The third-order valence-electron chi connectivity index (χ3n) is 3.94. The number of hydrogen-bond donors (Lipinski definition) is 1. The van der Waals surface area contributed by atoms with Gasteiger partial charge in [0.25, 0.3) is 0 Å². The molecule has 1 fully saturated rings. The standard InChI is InChI=1S/C13H28N2O3/c1-6-11-8-18-10(2)7-15(11)13(3,9-14)12(16-4)17-5/h10-12H,6-9,14H2,1-5H3. The second-order valence-electron chi connectivity index (χ2n) is 5.22. The van der Waals surface area contributed by atoms with E-state index < -0.39 is 0 Å². The highest BCUT2D eigenvalue weighted by molar-refractivity contribution is 4.96. The Morgan fingerprint density at radius 1 is 1.44 bits per heavy atom. The van der Waals surface area contributed by atoms with E-state index in [4.69, 9.17) is 19.9 Å². The van der Waals surface area contributed by atoms with E-state index in [0.29, 0.717) is 12.6 Å². The molecule has 18 heavy (non-hydrogen) atoms. The minimum atomic E-state index is -0.332. The molecule has 0 bridgehead atoms. The average Bonchev–Trinajstić information content (AvgIpc) is 2.39. The molecule has 0 aromatic heterocycles. The van der Waals surface area contributed by atoms with Crippen molar-refractivity contribution in [1.82, 2.24) is 4.90 Å². The second kappa shape index (κ2) is 6.82. The molecule has 3 unspecified atom stereocenters. The highest BCUT2D eigenvalue weighted by atomic mass is 16.7. The van der Waals surface area contributed by atoms with Crippen LogP contribution in [0.15, 0.2) is 0 Å². The van der Waals surface area contributed by atoms with E-state index in [0.717, 1.165) is 19.6 Å². The minimum absolute atomic E-state index is 0.216. The first kappa shape index (κ1) is 15.9. The molecule has 0 saturated carbocycles. The summed E-state index contributed by atoms with van der Waals surface area (Å²) in [5.41, 5.74) is 5.68. The highest BCUT2D eigenvalue weighted by Gasteiger charge is 2.44. The topological polar surface area (TPSA) is 57.0 Å². The molecule has 0 aliphatic carbocycles. The van der Waals surface area contributed by atoms with Crippen molar-refractivity contribution in [1.29, 1.82) is 0 Å². The van der Waals surface area contributed by atoms with Gasteiger partial charge in [-0.2, -0.15) is 0 Å². The molecule has 5 heteroatoms. The molecule has 1 saturated heterocycles. The van der Waals surface area contributed by atoms with Crippen LogP contribution in [0.5, 0.6) is 0 Å². The Bertz CT molecular complexity index is 248. The van der Waals surface area contributed by atoms with Crippen LogP contribution in [0.25, 0.3) is 0 Å². The largest absolute Gasteiger partial charge is 0.376 e. The third-order valence-corrected chi connectivity index (χ3v) is 3.94. The number of methoxy groups -OCH3 is 2. The fraction of sp³-hybridized carbons (Fsp3) is 1.00. The molecule has 0 radical (unpaired) electrons. The SMILES string of the molecule is CCC1COC(C)CN1C(C)(CN)C(OC)OC. The van der Waals surface area contributed by atoms with Gasteiger partial charge in [0.1, 0.15) is 0 Å². The van der Waals surface area contributed by atoms with Gasteiger partial charge in [0.15, 0.2) is 6.29 Å². The molecule has 3 atom stereocenters. The van der Waals surface area contributed by atoms with E-state index >= 15 is 0 Å². The second-order valence-corrected chi connectivity index (χ2v) is 5.22. The van der Waals surface area contributed by atoms with Gasteiger partial charge in [0, 0.05) is 33.4 Å². The van der Waals surface area contributed by atoms with Crippen molar-refractivity contribution in [3.8, 4) is 0 Å². The molecule has 0 aromatic rings. The van der Waals surface area contributed by atoms with Crippen molar-refractivity contribution in [3.05, 3.63) is 0 Å². The number of morpholine rings is 1. The van der Waals surface area contributed by atoms with Crippen molar-refractivity contribution in [3.63, 3.8) is 0 Å². The zero-order valence-electron chi connectivity index (χ0n) is 12.3. The molecular weight excluding hydrogens is 232 g/mol. The zero-order valence-corrected chi connectivity index (χ0v) is 12.3. The van der Waals surface area contributed by atoms with Crippen LogP contribution in [0, 0.1) is 0 Å². The van der Waals surface area contributed by atoms with Crippen molar-refractivity contribution < 1.29 is 14.2 Å². The van der Waals surface area contributed by atoms with E-state index in [2.05, 4.69) is 25.7 Å². The van der Waals surface area contributed by atoms with Gasteiger partial charge >= 0.3 is 0 Å². The molecule has 108 valence electrons. The molecule has 1 heterocycles. The Morgan fingerprint density at radius 3 is 2.50 bits per heavy atom. The van der Waals surface area contributed by atoms with E-state index in [-0.39, 0.29) is 17.9 Å². The Balaban J connectivity index is 2.95. The summed E-state index contributed by atoms with van der Waals surface area (Å²) in [7, 11) is 3.32. The highest BCUT2D eigenvalue weighted by Crippen LogP contribution is 2.28. The van der Waals surface area contributed by atoms with Crippen molar-refractivity contribution in [2.75, 3.05) is 33.9 Å². The average molecular weight is 260 g/mol. The van der Waals surface area contributed by atoms with Crippen LogP contribution in [-0.2, 0) is 14.2 Å². The van der Waals surface area contributed by atoms with Crippen LogP contribution in [0.2, 0.25) is 0 Å². The summed E-state index contributed by atoms with van der Waals surface area (Å²) >= 11 is 0. The van der Waals surface area contributed by atoms with Crippen LogP contribution in [0.3, 0.4) is 0 Å². The van der Waals surface area contributed by atoms with Crippen LogP contribution in [0.1, 0.15) is 27.2 Å². The summed E-state index contributed by atoms with van der Waals surface area (Å²) in [5, 5.41) is 0. The Hall–Kier alpha value is -0.200. The number of hydrogen-bond acceptors (Lipinski definition) is 5. The van der Waals surface area contributed by atoms with E-state index in [9.17, 15) is 0 Å². The first-order valence-electron chi connectivity index (χ1n) is 6.67. The quantitative estimate of drug-likeness (QED) is 0.717. The zero-order chi connectivity index (χ0) is 13.8. The number of rotatable bonds is 6. The fourth-order valence-corrected chi connectivity index (χ4v) is 2.76. The van der Waals surface area contributed by atoms with E-state index in [1.165, 1.54) is 0 Å². The predicted octanol–water partition coefficient (Wildman–Crippen LogP) is 0.822. The number of ether oxygens (including phenoxy) is 3. The van der Waals surface area contributed by atoms with Crippen LogP contribution >= 0.6 is 0 Å². The van der Waals surface area contributed by atoms with Gasteiger partial charge in [0.05, 0.1) is 18.2 Å². The minimum Gasteiger partial charge on any atom is -0.376 e. The van der Waals surface area contributed by atoms with E-state index in [1.807, 2.05) is 0 Å². The lowest BCUT2D eigenvalue weighted by Gasteiger charge is -2.51. The smallest absolute Gasteiger partial charge is 0.176 e. The predicted molar refractivity (Wildman–Crippen MR) is 71.5 cm³/mol. The van der Waals surface area contributed by atoms with Crippen LogP contribution < -0.4 is 5.73 Å².